The van der Waals surface area contributed by atoms with Gasteiger partial charge in [0.15, 0.2) is 5.65 Å². The molecule has 1 aromatic carbocycles. The molecule has 4 aromatic rings. The number of hydrogen-bond donors (Lipinski definition) is 0. The molecule has 0 spiro atoms. The monoisotopic (exact) mass is 478 g/mol. The first kappa shape index (κ1) is 21.6. The van der Waals surface area contributed by atoms with E-state index in [1.165, 1.54) is 25.0 Å². The number of ether oxygens (including phenoxy) is 1. The Balaban J connectivity index is 1.41. The molecule has 1 aliphatic heterocycles. The standard InChI is InChI=1S/C25H24ClFN6O/c1-13-14(2)30-25-23(29-13)22(19-6-3-17(27)10-20(19)26)31-24(32-25)15-7-8-34-21(9-15)16-11-28-33(12-16)18-4-5-18/h3,6,10-12,15,18,21H,4-5,7-9H2,1-2H3/t15-,21+/m1/s1. The zero-order valence-corrected chi connectivity index (χ0v) is 19.8. The third-order valence-corrected chi connectivity index (χ3v) is 7.02. The lowest BCUT2D eigenvalue weighted by molar-refractivity contribution is 0.00396. The van der Waals surface area contributed by atoms with Gasteiger partial charge in [-0.3, -0.25) is 4.68 Å². The third kappa shape index (κ3) is 3.95. The largest absolute Gasteiger partial charge is 0.373 e. The molecule has 0 unspecified atom stereocenters. The number of nitrogens with zero attached hydrogens (tertiary/aromatic N) is 6. The van der Waals surface area contributed by atoms with Crippen molar-refractivity contribution in [2.24, 2.45) is 0 Å². The van der Waals surface area contributed by atoms with E-state index in [4.69, 9.17) is 36.3 Å². The van der Waals surface area contributed by atoms with Crippen molar-refractivity contribution < 1.29 is 9.13 Å². The number of aromatic nitrogens is 6. The summed E-state index contributed by atoms with van der Waals surface area (Å²) in [6.45, 7) is 4.42. The second kappa shape index (κ2) is 8.36. The molecule has 2 atom stereocenters. The molecular formula is C25H24ClFN6O. The van der Waals surface area contributed by atoms with E-state index in [1.54, 1.807) is 6.07 Å². The van der Waals surface area contributed by atoms with Crippen LogP contribution >= 0.6 is 11.6 Å². The van der Waals surface area contributed by atoms with Crippen LogP contribution in [0.2, 0.25) is 5.02 Å². The molecule has 7 nitrogen and oxygen atoms in total. The van der Waals surface area contributed by atoms with E-state index in [0.717, 1.165) is 29.8 Å². The fraction of sp³-hybridized carbons (Fsp3) is 0.400. The van der Waals surface area contributed by atoms with E-state index in [-0.39, 0.29) is 17.0 Å². The summed E-state index contributed by atoms with van der Waals surface area (Å²) in [7, 11) is 0. The Bertz CT molecular complexity index is 1400. The molecule has 0 radical (unpaired) electrons. The number of fused-ring (bicyclic) bond motifs is 1. The quantitative estimate of drug-likeness (QED) is 0.376. The number of aryl methyl sites for hydroxylation is 2. The van der Waals surface area contributed by atoms with Crippen LogP contribution in [0.15, 0.2) is 30.6 Å². The van der Waals surface area contributed by atoms with Crippen LogP contribution in [-0.4, -0.2) is 36.3 Å². The number of rotatable bonds is 4. The van der Waals surface area contributed by atoms with Crippen molar-refractivity contribution in [2.45, 2.75) is 57.6 Å². The molecule has 0 N–H and O–H groups in total. The van der Waals surface area contributed by atoms with Crippen molar-refractivity contribution in [3.8, 4) is 11.3 Å². The molecule has 34 heavy (non-hydrogen) atoms. The number of halogens is 2. The van der Waals surface area contributed by atoms with Crippen LogP contribution in [-0.2, 0) is 4.74 Å². The molecule has 1 saturated carbocycles. The first-order valence-electron chi connectivity index (χ1n) is 11.6. The highest BCUT2D eigenvalue weighted by molar-refractivity contribution is 6.33. The molecule has 0 amide bonds. The Hall–Kier alpha value is -2.97. The van der Waals surface area contributed by atoms with Crippen molar-refractivity contribution in [3.05, 3.63) is 64.2 Å². The van der Waals surface area contributed by atoms with Crippen molar-refractivity contribution >= 4 is 22.8 Å². The average Bonchev–Trinajstić information content (AvgIpc) is 3.56. The van der Waals surface area contributed by atoms with Gasteiger partial charge in [-0.05, 0) is 57.7 Å². The van der Waals surface area contributed by atoms with Crippen LogP contribution < -0.4 is 0 Å². The summed E-state index contributed by atoms with van der Waals surface area (Å²) in [5.41, 5.74) is 4.97. The highest BCUT2D eigenvalue weighted by Gasteiger charge is 2.31. The fourth-order valence-corrected chi connectivity index (χ4v) is 4.76. The van der Waals surface area contributed by atoms with E-state index in [0.29, 0.717) is 40.9 Å². The molecule has 4 heterocycles. The highest BCUT2D eigenvalue weighted by Crippen LogP contribution is 2.40. The van der Waals surface area contributed by atoms with Gasteiger partial charge in [-0.2, -0.15) is 5.10 Å². The van der Waals surface area contributed by atoms with Gasteiger partial charge in [0, 0.05) is 29.8 Å². The van der Waals surface area contributed by atoms with Gasteiger partial charge in [-0.1, -0.05) is 11.6 Å². The minimum absolute atomic E-state index is 0.0609. The molecule has 2 fully saturated rings. The fourth-order valence-electron chi connectivity index (χ4n) is 4.50. The first-order valence-corrected chi connectivity index (χ1v) is 12.0. The molecule has 0 bridgehead atoms. The van der Waals surface area contributed by atoms with Gasteiger partial charge >= 0.3 is 0 Å². The lowest BCUT2D eigenvalue weighted by atomic mass is 9.92. The van der Waals surface area contributed by atoms with E-state index in [9.17, 15) is 4.39 Å². The normalized spacial score (nSPS) is 20.7. The molecule has 6 rings (SSSR count). The van der Waals surface area contributed by atoms with Crippen LogP contribution in [0.5, 0.6) is 0 Å². The van der Waals surface area contributed by atoms with E-state index >= 15 is 0 Å². The zero-order chi connectivity index (χ0) is 23.4. The smallest absolute Gasteiger partial charge is 0.182 e. The number of benzene rings is 1. The lowest BCUT2D eigenvalue weighted by Gasteiger charge is -2.28. The van der Waals surface area contributed by atoms with Crippen LogP contribution in [0, 0.1) is 19.7 Å². The molecular weight excluding hydrogens is 455 g/mol. The van der Waals surface area contributed by atoms with Crippen molar-refractivity contribution in [1.29, 1.82) is 0 Å². The Labute approximate surface area is 201 Å². The summed E-state index contributed by atoms with van der Waals surface area (Å²) >= 11 is 6.43. The predicted octanol–water partition coefficient (Wildman–Crippen LogP) is 5.66. The second-order valence-electron chi connectivity index (χ2n) is 9.19. The van der Waals surface area contributed by atoms with Gasteiger partial charge in [0.05, 0.1) is 34.8 Å². The van der Waals surface area contributed by atoms with Crippen LogP contribution in [0.4, 0.5) is 4.39 Å². The average molecular weight is 479 g/mol. The minimum Gasteiger partial charge on any atom is -0.373 e. The van der Waals surface area contributed by atoms with Crippen LogP contribution in [0.1, 0.15) is 66.5 Å². The molecule has 1 saturated heterocycles. The first-order chi connectivity index (χ1) is 16.5. The Morgan fingerprint density at radius 3 is 2.68 bits per heavy atom. The number of hydrogen-bond acceptors (Lipinski definition) is 6. The molecule has 2 aliphatic rings. The summed E-state index contributed by atoms with van der Waals surface area (Å²) in [4.78, 5) is 19.2. The second-order valence-corrected chi connectivity index (χ2v) is 9.59. The topological polar surface area (TPSA) is 78.6 Å². The van der Waals surface area contributed by atoms with Gasteiger partial charge in [-0.15, -0.1) is 0 Å². The van der Waals surface area contributed by atoms with Gasteiger partial charge in [-0.25, -0.2) is 24.3 Å². The Kier molecular flexibility index (Phi) is 5.30. The van der Waals surface area contributed by atoms with Gasteiger partial charge in [0.25, 0.3) is 0 Å². The van der Waals surface area contributed by atoms with Crippen LogP contribution in [0.3, 0.4) is 0 Å². The third-order valence-electron chi connectivity index (χ3n) is 6.71. The predicted molar refractivity (Wildman–Crippen MR) is 126 cm³/mol. The lowest BCUT2D eigenvalue weighted by Crippen LogP contribution is -2.20. The van der Waals surface area contributed by atoms with Crippen LogP contribution in [0.25, 0.3) is 22.4 Å². The maximum Gasteiger partial charge on any atom is 0.182 e. The van der Waals surface area contributed by atoms with Crippen molar-refractivity contribution in [2.75, 3.05) is 6.61 Å². The maximum atomic E-state index is 13.8. The summed E-state index contributed by atoms with van der Waals surface area (Å²) < 4.78 is 21.9. The summed E-state index contributed by atoms with van der Waals surface area (Å²) in [5.74, 6) is 0.363. The summed E-state index contributed by atoms with van der Waals surface area (Å²) in [6.07, 6.45) is 7.88. The van der Waals surface area contributed by atoms with Crippen molar-refractivity contribution in [1.82, 2.24) is 29.7 Å². The zero-order valence-electron chi connectivity index (χ0n) is 19.0. The molecule has 3 aromatic heterocycles. The highest BCUT2D eigenvalue weighted by atomic mass is 35.5. The summed E-state index contributed by atoms with van der Waals surface area (Å²) in [5, 5.41) is 4.80. The van der Waals surface area contributed by atoms with Gasteiger partial charge in [0.1, 0.15) is 22.9 Å². The van der Waals surface area contributed by atoms with Crippen molar-refractivity contribution in [3.63, 3.8) is 0 Å². The van der Waals surface area contributed by atoms with E-state index in [1.807, 2.05) is 24.7 Å². The Morgan fingerprint density at radius 2 is 1.88 bits per heavy atom. The summed E-state index contributed by atoms with van der Waals surface area (Å²) in [6, 6.07) is 4.84. The molecule has 1 aliphatic carbocycles. The maximum absolute atomic E-state index is 13.8. The van der Waals surface area contributed by atoms with E-state index < -0.39 is 5.82 Å². The Morgan fingerprint density at radius 1 is 1.06 bits per heavy atom. The molecule has 9 heteroatoms. The molecule has 174 valence electrons. The van der Waals surface area contributed by atoms with Gasteiger partial charge < -0.3 is 4.74 Å². The SMILES string of the molecule is Cc1nc2nc([C@@H]3CCO[C@H](c4cnn(C5CC5)c4)C3)nc(-c3ccc(F)cc3Cl)c2nc1C. The van der Waals surface area contributed by atoms with E-state index in [2.05, 4.69) is 11.3 Å². The van der Waals surface area contributed by atoms with Gasteiger partial charge in [0.2, 0.25) is 0 Å². The minimum atomic E-state index is -0.399.